The topological polar surface area (TPSA) is 12.0 Å². The van der Waals surface area contributed by atoms with Crippen LogP contribution in [0.2, 0.25) is 0 Å². The molecular formula is C17H15BrFNS. The number of halogens is 2. The van der Waals surface area contributed by atoms with E-state index >= 15 is 0 Å². The second-order valence-corrected chi connectivity index (χ2v) is 6.61. The van der Waals surface area contributed by atoms with Crippen molar-refractivity contribution >= 4 is 37.4 Å². The number of benzene rings is 2. The first-order valence-corrected chi connectivity index (χ1v) is 8.52. The Morgan fingerprint density at radius 2 is 2.00 bits per heavy atom. The standard InChI is InChI=1S/C17H15BrFNS/c1-2-20-17(13-8-7-11(19)9-15(13)18)14-10-21-16-6-4-3-5-12(14)16/h3-10,17,20H,2H2,1H3. The van der Waals surface area contributed by atoms with Crippen LogP contribution >= 0.6 is 27.3 Å². The summed E-state index contributed by atoms with van der Waals surface area (Å²) >= 11 is 5.23. The largest absolute Gasteiger partial charge is 0.306 e. The number of nitrogens with one attached hydrogen (secondary N) is 1. The van der Waals surface area contributed by atoms with Gasteiger partial charge in [0.1, 0.15) is 5.82 Å². The van der Waals surface area contributed by atoms with Crippen LogP contribution in [-0.2, 0) is 0 Å². The van der Waals surface area contributed by atoms with Gasteiger partial charge in [-0.3, -0.25) is 0 Å². The fourth-order valence-electron chi connectivity index (χ4n) is 2.55. The zero-order chi connectivity index (χ0) is 14.8. The molecule has 1 atom stereocenters. The van der Waals surface area contributed by atoms with Gasteiger partial charge in [0.05, 0.1) is 6.04 Å². The first kappa shape index (κ1) is 14.7. The van der Waals surface area contributed by atoms with Crippen molar-refractivity contribution in [1.29, 1.82) is 0 Å². The van der Waals surface area contributed by atoms with E-state index in [9.17, 15) is 4.39 Å². The predicted molar refractivity (Wildman–Crippen MR) is 91.4 cm³/mol. The van der Waals surface area contributed by atoms with Gasteiger partial charge in [-0.2, -0.15) is 0 Å². The Balaban J connectivity index is 2.13. The Labute approximate surface area is 135 Å². The summed E-state index contributed by atoms with van der Waals surface area (Å²) in [7, 11) is 0. The molecule has 3 aromatic rings. The quantitative estimate of drug-likeness (QED) is 0.644. The number of hydrogen-bond donors (Lipinski definition) is 1. The van der Waals surface area contributed by atoms with Crippen LogP contribution < -0.4 is 5.32 Å². The minimum absolute atomic E-state index is 0.0566. The first-order chi connectivity index (χ1) is 10.2. The molecule has 0 aliphatic heterocycles. The zero-order valence-electron chi connectivity index (χ0n) is 11.6. The highest BCUT2D eigenvalue weighted by Gasteiger charge is 2.19. The molecule has 0 fully saturated rings. The molecule has 0 aliphatic carbocycles. The van der Waals surface area contributed by atoms with E-state index < -0.39 is 0 Å². The minimum Gasteiger partial charge on any atom is -0.306 e. The predicted octanol–water partition coefficient (Wildman–Crippen LogP) is 5.50. The summed E-state index contributed by atoms with van der Waals surface area (Å²) < 4.78 is 15.4. The molecule has 3 rings (SSSR count). The summed E-state index contributed by atoms with van der Waals surface area (Å²) in [6, 6.07) is 13.3. The van der Waals surface area contributed by atoms with Crippen LogP contribution in [-0.4, -0.2) is 6.54 Å². The summed E-state index contributed by atoms with van der Waals surface area (Å²) in [6.45, 7) is 2.93. The van der Waals surface area contributed by atoms with E-state index in [1.165, 1.54) is 27.8 Å². The molecule has 1 N–H and O–H groups in total. The molecule has 0 saturated heterocycles. The van der Waals surface area contributed by atoms with Crippen molar-refractivity contribution in [3.05, 3.63) is 69.3 Å². The van der Waals surface area contributed by atoms with E-state index in [1.807, 2.05) is 6.07 Å². The van der Waals surface area contributed by atoms with E-state index in [4.69, 9.17) is 0 Å². The first-order valence-electron chi connectivity index (χ1n) is 6.85. The monoisotopic (exact) mass is 363 g/mol. The van der Waals surface area contributed by atoms with Gasteiger partial charge in [0.15, 0.2) is 0 Å². The third-order valence-electron chi connectivity index (χ3n) is 3.50. The number of rotatable bonds is 4. The molecule has 2 aromatic carbocycles. The summed E-state index contributed by atoms with van der Waals surface area (Å²) in [6.07, 6.45) is 0. The third-order valence-corrected chi connectivity index (χ3v) is 5.17. The number of thiophene rings is 1. The lowest BCUT2D eigenvalue weighted by molar-refractivity contribution is 0.613. The van der Waals surface area contributed by atoms with Crippen LogP contribution in [0.25, 0.3) is 10.1 Å². The molecule has 108 valence electrons. The Kier molecular flexibility index (Phi) is 4.38. The summed E-state index contributed by atoms with van der Waals surface area (Å²) in [5, 5.41) is 6.95. The Bertz CT molecular complexity index is 768. The van der Waals surface area contributed by atoms with E-state index in [0.717, 1.165) is 16.6 Å². The van der Waals surface area contributed by atoms with Gasteiger partial charge in [-0.1, -0.05) is 47.1 Å². The lowest BCUT2D eigenvalue weighted by atomic mass is 9.98. The van der Waals surface area contributed by atoms with Crippen LogP contribution in [0.4, 0.5) is 4.39 Å². The third kappa shape index (κ3) is 2.89. The van der Waals surface area contributed by atoms with Gasteiger partial charge < -0.3 is 5.32 Å². The lowest BCUT2D eigenvalue weighted by Gasteiger charge is -2.19. The second-order valence-electron chi connectivity index (χ2n) is 4.84. The molecule has 0 spiro atoms. The smallest absolute Gasteiger partial charge is 0.124 e. The van der Waals surface area contributed by atoms with Crippen molar-refractivity contribution < 1.29 is 4.39 Å². The molecule has 4 heteroatoms. The molecule has 1 aromatic heterocycles. The average molecular weight is 364 g/mol. The normalized spacial score (nSPS) is 12.7. The van der Waals surface area contributed by atoms with Crippen molar-refractivity contribution in [3.8, 4) is 0 Å². The lowest BCUT2D eigenvalue weighted by Crippen LogP contribution is -2.22. The fraction of sp³-hybridized carbons (Fsp3) is 0.176. The number of hydrogen-bond acceptors (Lipinski definition) is 2. The summed E-state index contributed by atoms with van der Waals surface area (Å²) in [4.78, 5) is 0. The molecule has 1 nitrogen and oxygen atoms in total. The van der Waals surface area contributed by atoms with E-state index in [-0.39, 0.29) is 11.9 Å². The van der Waals surface area contributed by atoms with Gasteiger partial charge in [0.25, 0.3) is 0 Å². The minimum atomic E-state index is -0.226. The van der Waals surface area contributed by atoms with Gasteiger partial charge in [0, 0.05) is 9.17 Å². The SMILES string of the molecule is CCNC(c1ccc(F)cc1Br)c1csc2ccccc12. The van der Waals surface area contributed by atoms with Gasteiger partial charge in [-0.05, 0) is 46.6 Å². The fourth-order valence-corrected chi connectivity index (χ4v) is 4.12. The number of fused-ring (bicyclic) bond motifs is 1. The molecule has 1 heterocycles. The highest BCUT2D eigenvalue weighted by molar-refractivity contribution is 9.10. The van der Waals surface area contributed by atoms with Gasteiger partial charge in [-0.15, -0.1) is 11.3 Å². The average Bonchev–Trinajstić information content (AvgIpc) is 2.89. The highest BCUT2D eigenvalue weighted by Crippen LogP contribution is 2.36. The van der Waals surface area contributed by atoms with Crippen molar-refractivity contribution in [2.75, 3.05) is 6.54 Å². The maximum absolute atomic E-state index is 13.3. The molecule has 1 unspecified atom stereocenters. The molecule has 0 saturated carbocycles. The maximum Gasteiger partial charge on any atom is 0.124 e. The van der Waals surface area contributed by atoms with Crippen molar-refractivity contribution in [3.63, 3.8) is 0 Å². The van der Waals surface area contributed by atoms with Gasteiger partial charge >= 0.3 is 0 Å². The van der Waals surface area contributed by atoms with Crippen molar-refractivity contribution in [2.45, 2.75) is 13.0 Å². The molecular weight excluding hydrogens is 349 g/mol. The zero-order valence-corrected chi connectivity index (χ0v) is 14.0. The Morgan fingerprint density at radius 1 is 1.19 bits per heavy atom. The van der Waals surface area contributed by atoms with Gasteiger partial charge in [0.2, 0.25) is 0 Å². The second kappa shape index (κ2) is 6.26. The van der Waals surface area contributed by atoms with Crippen LogP contribution in [0.15, 0.2) is 52.3 Å². The van der Waals surface area contributed by atoms with Crippen molar-refractivity contribution in [1.82, 2.24) is 5.32 Å². The molecule has 21 heavy (non-hydrogen) atoms. The van der Waals surface area contributed by atoms with Crippen molar-refractivity contribution in [2.24, 2.45) is 0 Å². The van der Waals surface area contributed by atoms with E-state index in [1.54, 1.807) is 11.3 Å². The highest BCUT2D eigenvalue weighted by atomic mass is 79.9. The van der Waals surface area contributed by atoms with Gasteiger partial charge in [-0.25, -0.2) is 4.39 Å². The van der Waals surface area contributed by atoms with Crippen LogP contribution in [0.5, 0.6) is 0 Å². The molecule has 0 amide bonds. The van der Waals surface area contributed by atoms with E-state index in [2.05, 4.69) is 57.8 Å². The van der Waals surface area contributed by atoms with E-state index in [0.29, 0.717) is 0 Å². The molecule has 0 aliphatic rings. The maximum atomic E-state index is 13.3. The van der Waals surface area contributed by atoms with Crippen LogP contribution in [0, 0.1) is 5.82 Å². The van der Waals surface area contributed by atoms with Crippen LogP contribution in [0.1, 0.15) is 24.1 Å². The Hall–Kier alpha value is -1.23. The summed E-state index contributed by atoms with van der Waals surface area (Å²) in [5.41, 5.74) is 2.30. The van der Waals surface area contributed by atoms with Crippen LogP contribution in [0.3, 0.4) is 0 Å². The molecule has 0 radical (unpaired) electrons. The summed E-state index contributed by atoms with van der Waals surface area (Å²) in [5.74, 6) is -0.226. The molecule has 0 bridgehead atoms. The Morgan fingerprint density at radius 3 is 2.76 bits per heavy atom.